The third kappa shape index (κ3) is 5.11. The average molecular weight is 373 g/mol. The van der Waals surface area contributed by atoms with Gasteiger partial charge < -0.3 is 4.90 Å². The van der Waals surface area contributed by atoms with Crippen LogP contribution >= 0.6 is 11.6 Å². The van der Waals surface area contributed by atoms with E-state index in [0.717, 1.165) is 56.4 Å². The van der Waals surface area contributed by atoms with Gasteiger partial charge in [0.2, 0.25) is 10.0 Å². The third-order valence-corrected chi connectivity index (χ3v) is 6.43. The molecule has 0 saturated carbocycles. The molecule has 0 radical (unpaired) electrons. The van der Waals surface area contributed by atoms with E-state index in [0.29, 0.717) is 18.1 Å². The summed E-state index contributed by atoms with van der Waals surface area (Å²) in [4.78, 5) is 2.25. The molecule has 136 valence electrons. The van der Waals surface area contributed by atoms with Gasteiger partial charge in [-0.3, -0.25) is 4.31 Å². The molecule has 0 aromatic heterocycles. The van der Waals surface area contributed by atoms with Crippen LogP contribution in [0.3, 0.4) is 0 Å². The summed E-state index contributed by atoms with van der Waals surface area (Å²) in [6.07, 6.45) is 4.87. The van der Waals surface area contributed by atoms with Crippen LogP contribution in [-0.4, -0.2) is 45.2 Å². The van der Waals surface area contributed by atoms with Crippen molar-refractivity contribution < 1.29 is 8.42 Å². The molecule has 1 heterocycles. The van der Waals surface area contributed by atoms with Gasteiger partial charge in [-0.15, -0.1) is 0 Å². The van der Waals surface area contributed by atoms with E-state index in [1.807, 2.05) is 12.1 Å². The van der Waals surface area contributed by atoms with Gasteiger partial charge in [0.15, 0.2) is 0 Å². The summed E-state index contributed by atoms with van der Waals surface area (Å²) >= 11 is 6.09. The quantitative estimate of drug-likeness (QED) is 0.694. The number of sulfonamides is 1. The summed E-state index contributed by atoms with van der Waals surface area (Å²) < 4.78 is 27.5. The largest absolute Gasteiger partial charge is 0.302 e. The van der Waals surface area contributed by atoms with E-state index in [-0.39, 0.29) is 5.75 Å². The number of nitrogens with zero attached hydrogens (tertiary/aromatic N) is 2. The van der Waals surface area contributed by atoms with Gasteiger partial charge in [0.1, 0.15) is 0 Å². The molecular formula is C18H29ClN2O2S. The van der Waals surface area contributed by atoms with Crippen LogP contribution in [0.4, 0.5) is 5.69 Å². The van der Waals surface area contributed by atoms with Gasteiger partial charge in [-0.2, -0.15) is 0 Å². The van der Waals surface area contributed by atoms with E-state index in [1.54, 1.807) is 10.4 Å². The molecule has 1 aromatic carbocycles. The molecule has 0 N–H and O–H groups in total. The lowest BCUT2D eigenvalue weighted by molar-refractivity contribution is 0.290. The first-order valence-electron chi connectivity index (χ1n) is 8.99. The van der Waals surface area contributed by atoms with Crippen LogP contribution in [0.15, 0.2) is 18.2 Å². The predicted molar refractivity (Wildman–Crippen MR) is 103 cm³/mol. The Labute approximate surface area is 151 Å². The van der Waals surface area contributed by atoms with Crippen LogP contribution in [0.1, 0.15) is 45.1 Å². The number of hydrogen-bond acceptors (Lipinski definition) is 3. The van der Waals surface area contributed by atoms with Crippen LogP contribution in [0, 0.1) is 0 Å². The molecule has 0 aliphatic carbocycles. The van der Waals surface area contributed by atoms with Gasteiger partial charge in [-0.05, 0) is 69.0 Å². The van der Waals surface area contributed by atoms with Crippen molar-refractivity contribution in [3.05, 3.63) is 28.8 Å². The zero-order valence-electron chi connectivity index (χ0n) is 14.8. The van der Waals surface area contributed by atoms with Crippen LogP contribution < -0.4 is 4.31 Å². The van der Waals surface area contributed by atoms with E-state index in [4.69, 9.17) is 11.6 Å². The van der Waals surface area contributed by atoms with E-state index >= 15 is 0 Å². The van der Waals surface area contributed by atoms with Crippen molar-refractivity contribution in [1.29, 1.82) is 0 Å². The summed E-state index contributed by atoms with van der Waals surface area (Å²) in [6, 6.07) is 5.55. The molecule has 0 spiro atoms. The number of anilines is 1. The normalized spacial score (nSPS) is 15.4. The molecule has 6 heteroatoms. The SMILES string of the molecule is CCCN(CCC)CCS(=O)(=O)N1CCCCc2cc(Cl)ccc21. The molecule has 1 aliphatic heterocycles. The Morgan fingerprint density at radius 2 is 1.83 bits per heavy atom. The van der Waals surface area contributed by atoms with Crippen molar-refractivity contribution in [3.63, 3.8) is 0 Å². The topological polar surface area (TPSA) is 40.6 Å². The predicted octanol–water partition coefficient (Wildman–Crippen LogP) is 3.93. The summed E-state index contributed by atoms with van der Waals surface area (Å²) in [5.74, 6) is 0.176. The van der Waals surface area contributed by atoms with Crippen LogP contribution in [-0.2, 0) is 16.4 Å². The number of hydrogen-bond donors (Lipinski definition) is 0. The Bertz CT molecular complexity index is 628. The lowest BCUT2D eigenvalue weighted by Gasteiger charge is -2.27. The molecule has 1 aromatic rings. The first kappa shape index (κ1) is 19.5. The fourth-order valence-corrected chi connectivity index (χ4v) is 5.09. The van der Waals surface area contributed by atoms with Crippen molar-refractivity contribution in [2.45, 2.75) is 46.0 Å². The lowest BCUT2D eigenvalue weighted by Crippen LogP contribution is -2.39. The Kier molecular flexibility index (Phi) is 7.38. The number of aryl methyl sites for hydroxylation is 1. The summed E-state index contributed by atoms with van der Waals surface area (Å²) in [6.45, 7) is 7.34. The molecule has 2 rings (SSSR count). The highest BCUT2D eigenvalue weighted by atomic mass is 35.5. The fraction of sp³-hybridized carbons (Fsp3) is 0.667. The first-order chi connectivity index (χ1) is 11.5. The van der Waals surface area contributed by atoms with Crippen LogP contribution in [0.5, 0.6) is 0 Å². The highest BCUT2D eigenvalue weighted by molar-refractivity contribution is 7.92. The van der Waals surface area contributed by atoms with E-state index in [2.05, 4.69) is 18.7 Å². The van der Waals surface area contributed by atoms with Gasteiger partial charge in [-0.1, -0.05) is 25.4 Å². The first-order valence-corrected chi connectivity index (χ1v) is 11.0. The minimum atomic E-state index is -3.32. The van der Waals surface area contributed by atoms with Gasteiger partial charge in [-0.25, -0.2) is 8.42 Å². The van der Waals surface area contributed by atoms with Gasteiger partial charge in [0.25, 0.3) is 0 Å². The highest BCUT2D eigenvalue weighted by Crippen LogP contribution is 2.31. The molecule has 0 fully saturated rings. The van der Waals surface area contributed by atoms with Crippen LogP contribution in [0.25, 0.3) is 0 Å². The van der Waals surface area contributed by atoms with Gasteiger partial charge in [0, 0.05) is 18.1 Å². The number of benzene rings is 1. The van der Waals surface area contributed by atoms with Crippen molar-refractivity contribution >= 4 is 27.3 Å². The minimum Gasteiger partial charge on any atom is -0.302 e. The molecule has 24 heavy (non-hydrogen) atoms. The summed E-state index contributed by atoms with van der Waals surface area (Å²) in [5, 5.41) is 0.671. The molecule has 0 saturated heterocycles. The second-order valence-corrected chi connectivity index (χ2v) is 8.91. The van der Waals surface area contributed by atoms with Gasteiger partial charge >= 0.3 is 0 Å². The maximum atomic E-state index is 13.0. The second-order valence-electron chi connectivity index (χ2n) is 6.46. The van der Waals surface area contributed by atoms with Crippen molar-refractivity contribution in [1.82, 2.24) is 4.90 Å². The van der Waals surface area contributed by atoms with Crippen molar-refractivity contribution in [2.75, 3.05) is 36.2 Å². The molecule has 0 unspecified atom stereocenters. The zero-order valence-corrected chi connectivity index (χ0v) is 16.4. The highest BCUT2D eigenvalue weighted by Gasteiger charge is 2.26. The van der Waals surface area contributed by atoms with E-state index in [9.17, 15) is 8.42 Å². The Balaban J connectivity index is 2.16. The molecule has 4 nitrogen and oxygen atoms in total. The smallest absolute Gasteiger partial charge is 0.236 e. The second kappa shape index (κ2) is 9.07. The molecule has 0 amide bonds. The Morgan fingerprint density at radius 1 is 1.12 bits per heavy atom. The zero-order chi connectivity index (χ0) is 17.6. The average Bonchev–Trinajstić information content (AvgIpc) is 2.75. The maximum Gasteiger partial charge on any atom is 0.236 e. The number of halogens is 1. The molecule has 1 aliphatic rings. The monoisotopic (exact) mass is 372 g/mol. The molecular weight excluding hydrogens is 344 g/mol. The summed E-state index contributed by atoms with van der Waals surface area (Å²) in [7, 11) is -3.32. The Morgan fingerprint density at radius 3 is 2.50 bits per heavy atom. The third-order valence-electron chi connectivity index (χ3n) is 4.45. The standard InChI is InChI=1S/C18H29ClN2O2S/c1-3-10-20(11-4-2)13-14-24(22,23)21-12-6-5-7-16-15-17(19)8-9-18(16)21/h8-9,15H,3-7,10-14H2,1-2H3. The van der Waals surface area contributed by atoms with Crippen molar-refractivity contribution in [2.24, 2.45) is 0 Å². The fourth-order valence-electron chi connectivity index (χ4n) is 3.30. The van der Waals surface area contributed by atoms with Crippen molar-refractivity contribution in [3.8, 4) is 0 Å². The van der Waals surface area contributed by atoms with Crippen LogP contribution in [0.2, 0.25) is 5.02 Å². The van der Waals surface area contributed by atoms with Gasteiger partial charge in [0.05, 0.1) is 11.4 Å². The lowest BCUT2D eigenvalue weighted by atomic mass is 10.1. The molecule has 0 atom stereocenters. The number of fused-ring (bicyclic) bond motifs is 1. The molecule has 0 bridgehead atoms. The van der Waals surface area contributed by atoms with E-state index < -0.39 is 10.0 Å². The van der Waals surface area contributed by atoms with E-state index in [1.165, 1.54) is 0 Å². The maximum absolute atomic E-state index is 13.0. The Hall–Kier alpha value is -0.780. The minimum absolute atomic E-state index is 0.176. The number of rotatable bonds is 8. The summed E-state index contributed by atoms with van der Waals surface area (Å²) in [5.41, 5.74) is 1.86.